The molecule has 0 saturated heterocycles. The number of aryl methyl sites for hydroxylation is 1. The minimum absolute atomic E-state index is 0.212. The summed E-state index contributed by atoms with van der Waals surface area (Å²) in [6, 6.07) is 5.93. The lowest BCUT2D eigenvalue weighted by Gasteiger charge is -2.04. The van der Waals surface area contributed by atoms with Gasteiger partial charge in [-0.05, 0) is 24.6 Å². The Balaban J connectivity index is 2.01. The van der Waals surface area contributed by atoms with Gasteiger partial charge in [-0.3, -0.25) is 9.48 Å². The van der Waals surface area contributed by atoms with E-state index in [9.17, 15) is 9.18 Å². The average molecular weight is 262 g/mol. The second-order valence-electron chi connectivity index (χ2n) is 4.10. The molecule has 0 radical (unpaired) electrons. The number of nitrogens with two attached hydrogens (primary N) is 1. The maximum Gasteiger partial charge on any atom is 0.274 e. The van der Waals surface area contributed by atoms with Gasteiger partial charge >= 0.3 is 0 Å². The third kappa shape index (κ3) is 3.09. The Kier molecular flexibility index (Phi) is 3.79. The zero-order chi connectivity index (χ0) is 13.8. The van der Waals surface area contributed by atoms with Crippen LogP contribution in [0.25, 0.3) is 0 Å². The van der Waals surface area contributed by atoms with E-state index in [1.54, 1.807) is 23.0 Å². The molecule has 0 fully saturated rings. The van der Waals surface area contributed by atoms with Crippen LogP contribution >= 0.6 is 0 Å². The number of nitrogen functional groups attached to an aromatic ring is 1. The summed E-state index contributed by atoms with van der Waals surface area (Å²) in [5.74, 6) is -0.643. The number of carbonyl (C=O) groups excluding carboxylic acids is 1. The number of nitrogens with zero attached hydrogens (tertiary/aromatic N) is 2. The molecule has 0 saturated carbocycles. The molecule has 6 heteroatoms. The van der Waals surface area contributed by atoms with Crippen LogP contribution < -0.4 is 11.1 Å². The van der Waals surface area contributed by atoms with E-state index in [4.69, 9.17) is 5.73 Å². The van der Waals surface area contributed by atoms with Crippen molar-refractivity contribution in [2.75, 3.05) is 5.73 Å². The highest BCUT2D eigenvalue weighted by Gasteiger charge is 2.13. The van der Waals surface area contributed by atoms with Crippen LogP contribution in [0.2, 0.25) is 0 Å². The predicted octanol–water partition coefficient (Wildman–Crippen LogP) is 1.55. The number of carbonyl (C=O) groups is 1. The van der Waals surface area contributed by atoms with Gasteiger partial charge in [-0.1, -0.05) is 12.1 Å². The Hall–Kier alpha value is -2.37. The molecular formula is C13H15FN4O. The molecule has 0 aliphatic carbocycles. The molecule has 2 rings (SSSR count). The SMILES string of the molecule is CCn1cc(N)c(C(=O)NCc2ccc(F)cc2)n1. The van der Waals surface area contributed by atoms with Crippen molar-refractivity contribution in [2.24, 2.45) is 0 Å². The van der Waals surface area contributed by atoms with Crippen LogP contribution in [0.1, 0.15) is 23.0 Å². The number of benzene rings is 1. The predicted molar refractivity (Wildman–Crippen MR) is 69.9 cm³/mol. The molecular weight excluding hydrogens is 247 g/mol. The summed E-state index contributed by atoms with van der Waals surface area (Å²) in [6.07, 6.45) is 1.62. The van der Waals surface area contributed by atoms with Gasteiger partial charge in [-0.25, -0.2) is 4.39 Å². The van der Waals surface area contributed by atoms with Crippen LogP contribution in [0.4, 0.5) is 10.1 Å². The van der Waals surface area contributed by atoms with Crippen molar-refractivity contribution in [3.05, 3.63) is 47.5 Å². The second kappa shape index (κ2) is 5.51. The lowest BCUT2D eigenvalue weighted by atomic mass is 10.2. The fourth-order valence-electron chi connectivity index (χ4n) is 1.64. The van der Waals surface area contributed by atoms with Gasteiger partial charge in [-0.15, -0.1) is 0 Å². The summed E-state index contributed by atoms with van der Waals surface area (Å²) in [5.41, 5.74) is 7.08. The first-order chi connectivity index (χ1) is 9.10. The summed E-state index contributed by atoms with van der Waals surface area (Å²) in [7, 11) is 0. The highest BCUT2D eigenvalue weighted by molar-refractivity contribution is 5.96. The van der Waals surface area contributed by atoms with Gasteiger partial charge in [-0.2, -0.15) is 5.10 Å². The Morgan fingerprint density at radius 1 is 1.42 bits per heavy atom. The summed E-state index contributed by atoms with van der Waals surface area (Å²) < 4.78 is 14.3. The molecule has 1 aromatic heterocycles. The summed E-state index contributed by atoms with van der Waals surface area (Å²) in [4.78, 5) is 11.9. The highest BCUT2D eigenvalue weighted by Crippen LogP contribution is 2.09. The number of aromatic nitrogens is 2. The number of hydrogen-bond donors (Lipinski definition) is 2. The van der Waals surface area contributed by atoms with E-state index in [2.05, 4.69) is 10.4 Å². The molecule has 1 amide bonds. The number of hydrogen-bond acceptors (Lipinski definition) is 3. The fourth-order valence-corrected chi connectivity index (χ4v) is 1.64. The van der Waals surface area contributed by atoms with Gasteiger partial charge in [0.2, 0.25) is 0 Å². The van der Waals surface area contributed by atoms with Gasteiger partial charge in [0.25, 0.3) is 5.91 Å². The summed E-state index contributed by atoms with van der Waals surface area (Å²) >= 11 is 0. The standard InChI is InChI=1S/C13H15FN4O/c1-2-18-8-11(15)12(17-18)13(19)16-7-9-3-5-10(14)6-4-9/h3-6,8H,2,7,15H2,1H3,(H,16,19). The number of halogens is 1. The molecule has 1 heterocycles. The number of amides is 1. The topological polar surface area (TPSA) is 72.9 Å². The lowest BCUT2D eigenvalue weighted by Crippen LogP contribution is -2.24. The molecule has 0 bridgehead atoms. The zero-order valence-corrected chi connectivity index (χ0v) is 10.6. The molecule has 0 atom stereocenters. The van der Waals surface area contributed by atoms with E-state index in [1.165, 1.54) is 12.1 Å². The van der Waals surface area contributed by atoms with Gasteiger partial charge in [0.1, 0.15) is 5.82 Å². The largest absolute Gasteiger partial charge is 0.396 e. The van der Waals surface area contributed by atoms with Crippen molar-refractivity contribution in [1.82, 2.24) is 15.1 Å². The van der Waals surface area contributed by atoms with E-state index >= 15 is 0 Å². The minimum atomic E-state index is -0.339. The molecule has 2 aromatic rings. The van der Waals surface area contributed by atoms with E-state index in [-0.39, 0.29) is 17.4 Å². The number of anilines is 1. The molecule has 0 unspecified atom stereocenters. The van der Waals surface area contributed by atoms with Gasteiger partial charge in [0.15, 0.2) is 5.69 Å². The molecule has 5 nitrogen and oxygen atoms in total. The average Bonchev–Trinajstić information content (AvgIpc) is 2.79. The normalized spacial score (nSPS) is 10.4. The van der Waals surface area contributed by atoms with Crippen molar-refractivity contribution >= 4 is 11.6 Å². The molecule has 0 aliphatic rings. The Morgan fingerprint density at radius 2 is 2.11 bits per heavy atom. The fraction of sp³-hybridized carbons (Fsp3) is 0.231. The summed E-state index contributed by atoms with van der Waals surface area (Å²) in [6.45, 7) is 2.86. The van der Waals surface area contributed by atoms with E-state index in [0.717, 1.165) is 5.56 Å². The van der Waals surface area contributed by atoms with Crippen molar-refractivity contribution < 1.29 is 9.18 Å². The second-order valence-corrected chi connectivity index (χ2v) is 4.10. The molecule has 0 spiro atoms. The van der Waals surface area contributed by atoms with Crippen LogP contribution in [0.3, 0.4) is 0 Å². The van der Waals surface area contributed by atoms with Crippen molar-refractivity contribution in [1.29, 1.82) is 0 Å². The lowest BCUT2D eigenvalue weighted by molar-refractivity contribution is 0.0946. The van der Waals surface area contributed by atoms with Crippen LogP contribution in [0.5, 0.6) is 0 Å². The van der Waals surface area contributed by atoms with E-state index in [1.807, 2.05) is 6.92 Å². The van der Waals surface area contributed by atoms with Crippen molar-refractivity contribution in [3.8, 4) is 0 Å². The summed E-state index contributed by atoms with van der Waals surface area (Å²) in [5, 5.41) is 6.77. The van der Waals surface area contributed by atoms with Gasteiger partial charge in [0, 0.05) is 19.3 Å². The molecule has 19 heavy (non-hydrogen) atoms. The Bertz CT molecular complexity index is 577. The monoisotopic (exact) mass is 262 g/mol. The van der Waals surface area contributed by atoms with E-state index in [0.29, 0.717) is 18.8 Å². The van der Waals surface area contributed by atoms with Gasteiger partial charge < -0.3 is 11.1 Å². The first kappa shape index (κ1) is 13.1. The minimum Gasteiger partial charge on any atom is -0.396 e. The zero-order valence-electron chi connectivity index (χ0n) is 10.6. The maximum absolute atomic E-state index is 12.7. The highest BCUT2D eigenvalue weighted by atomic mass is 19.1. The Labute approximate surface area is 110 Å². The van der Waals surface area contributed by atoms with Crippen LogP contribution in [0, 0.1) is 5.82 Å². The number of rotatable bonds is 4. The smallest absolute Gasteiger partial charge is 0.274 e. The quantitative estimate of drug-likeness (QED) is 0.878. The molecule has 1 aromatic carbocycles. The van der Waals surface area contributed by atoms with Crippen LogP contribution in [-0.4, -0.2) is 15.7 Å². The third-order valence-corrected chi connectivity index (χ3v) is 2.70. The molecule has 3 N–H and O–H groups in total. The maximum atomic E-state index is 12.7. The first-order valence-corrected chi connectivity index (χ1v) is 5.95. The first-order valence-electron chi connectivity index (χ1n) is 5.95. The number of nitrogens with one attached hydrogen (secondary N) is 1. The van der Waals surface area contributed by atoms with Crippen LogP contribution in [0.15, 0.2) is 30.5 Å². The third-order valence-electron chi connectivity index (χ3n) is 2.70. The molecule has 0 aliphatic heterocycles. The molecule has 100 valence electrons. The van der Waals surface area contributed by atoms with Gasteiger partial charge in [0.05, 0.1) is 5.69 Å². The van der Waals surface area contributed by atoms with E-state index < -0.39 is 0 Å². The Morgan fingerprint density at radius 3 is 2.68 bits per heavy atom. The van der Waals surface area contributed by atoms with Crippen molar-refractivity contribution in [3.63, 3.8) is 0 Å². The van der Waals surface area contributed by atoms with Crippen LogP contribution in [-0.2, 0) is 13.1 Å². The van der Waals surface area contributed by atoms with Crippen molar-refractivity contribution in [2.45, 2.75) is 20.0 Å².